The zero-order chi connectivity index (χ0) is 9.68. The van der Waals surface area contributed by atoms with Crippen molar-refractivity contribution >= 4 is 5.70 Å². The van der Waals surface area contributed by atoms with Crippen molar-refractivity contribution in [2.75, 3.05) is 0 Å². The highest BCUT2D eigenvalue weighted by molar-refractivity contribution is 5.68. The van der Waals surface area contributed by atoms with Crippen LogP contribution in [0.2, 0.25) is 0 Å². The van der Waals surface area contributed by atoms with Crippen LogP contribution >= 0.6 is 0 Å². The highest BCUT2D eigenvalue weighted by Gasteiger charge is 2.02. The topological polar surface area (TPSA) is 62.7 Å². The maximum atomic E-state index is 8.75. The first-order chi connectivity index (χ1) is 6.29. The lowest BCUT2D eigenvalue weighted by Gasteiger charge is -2.02. The van der Waals surface area contributed by atoms with Gasteiger partial charge in [0.15, 0.2) is 0 Å². The van der Waals surface area contributed by atoms with Gasteiger partial charge in [-0.2, -0.15) is 5.26 Å². The summed E-state index contributed by atoms with van der Waals surface area (Å²) in [5, 5.41) is 8.75. The van der Waals surface area contributed by atoms with Gasteiger partial charge in [-0.05, 0) is 18.6 Å². The van der Waals surface area contributed by atoms with E-state index in [1.165, 1.54) is 0 Å². The van der Waals surface area contributed by atoms with Gasteiger partial charge in [-0.15, -0.1) is 0 Å². The van der Waals surface area contributed by atoms with E-state index in [-0.39, 0.29) is 0 Å². The monoisotopic (exact) mass is 173 g/mol. The summed E-state index contributed by atoms with van der Waals surface area (Å²) in [6.07, 6.45) is 3.98. The van der Waals surface area contributed by atoms with Crippen LogP contribution < -0.4 is 5.73 Å². The summed E-state index contributed by atoms with van der Waals surface area (Å²) < 4.78 is 0. The van der Waals surface area contributed by atoms with Gasteiger partial charge in [-0.25, -0.2) is 0 Å². The highest BCUT2D eigenvalue weighted by Crippen LogP contribution is 2.13. The summed E-state index contributed by atoms with van der Waals surface area (Å²) in [6, 6.07) is 5.72. The Bertz CT molecular complexity index is 346. The van der Waals surface area contributed by atoms with Gasteiger partial charge in [-0.1, -0.05) is 6.92 Å². The highest BCUT2D eigenvalue weighted by atomic mass is 14.6. The summed E-state index contributed by atoms with van der Waals surface area (Å²) in [7, 11) is 0. The van der Waals surface area contributed by atoms with Crippen molar-refractivity contribution in [3.05, 3.63) is 35.7 Å². The molecule has 2 N–H and O–H groups in total. The smallest absolute Gasteiger partial charge is 0.0968 e. The first kappa shape index (κ1) is 9.27. The van der Waals surface area contributed by atoms with Crippen molar-refractivity contribution in [2.24, 2.45) is 5.73 Å². The van der Waals surface area contributed by atoms with Crippen LogP contribution in [-0.4, -0.2) is 4.98 Å². The molecule has 0 aliphatic rings. The van der Waals surface area contributed by atoms with Gasteiger partial charge >= 0.3 is 0 Å². The number of nitrogens with zero attached hydrogens (tertiary/aromatic N) is 2. The van der Waals surface area contributed by atoms with Gasteiger partial charge in [0.2, 0.25) is 0 Å². The van der Waals surface area contributed by atoms with Crippen molar-refractivity contribution in [1.82, 2.24) is 4.98 Å². The van der Waals surface area contributed by atoms with Crippen molar-refractivity contribution in [1.29, 1.82) is 5.26 Å². The van der Waals surface area contributed by atoms with Gasteiger partial charge < -0.3 is 5.73 Å². The van der Waals surface area contributed by atoms with Crippen LogP contribution in [0.15, 0.2) is 30.1 Å². The van der Waals surface area contributed by atoms with E-state index < -0.39 is 0 Å². The zero-order valence-electron chi connectivity index (χ0n) is 7.49. The number of aromatic nitrogens is 1. The Balaban J connectivity index is 3.11. The van der Waals surface area contributed by atoms with Gasteiger partial charge in [0.25, 0.3) is 0 Å². The van der Waals surface area contributed by atoms with Crippen molar-refractivity contribution in [3.63, 3.8) is 0 Å². The lowest BCUT2D eigenvalue weighted by atomic mass is 10.1. The van der Waals surface area contributed by atoms with Gasteiger partial charge in [0.1, 0.15) is 0 Å². The summed E-state index contributed by atoms with van der Waals surface area (Å²) in [5.41, 5.74) is 7.71. The molecule has 0 saturated carbocycles. The number of hydrogen-bond acceptors (Lipinski definition) is 3. The van der Waals surface area contributed by atoms with E-state index in [1.807, 2.05) is 13.0 Å². The summed E-state index contributed by atoms with van der Waals surface area (Å²) in [4.78, 5) is 3.93. The summed E-state index contributed by atoms with van der Waals surface area (Å²) in [6.45, 7) is 1.90. The lowest BCUT2D eigenvalue weighted by molar-refractivity contribution is 1.14. The molecule has 0 aromatic carbocycles. The van der Waals surface area contributed by atoms with Gasteiger partial charge in [0, 0.05) is 18.0 Å². The Kier molecular flexibility index (Phi) is 3.04. The minimum atomic E-state index is 0.526. The predicted molar refractivity (Wildman–Crippen MR) is 51.2 cm³/mol. The Morgan fingerprint density at radius 1 is 1.69 bits per heavy atom. The van der Waals surface area contributed by atoms with E-state index in [9.17, 15) is 0 Å². The van der Waals surface area contributed by atoms with E-state index in [1.54, 1.807) is 18.5 Å². The Hall–Kier alpha value is -1.82. The number of nitrogens with two attached hydrogens (primary N) is 1. The second-order valence-electron chi connectivity index (χ2n) is 2.60. The SMILES string of the molecule is CC/C(C#N)=C(/N)c1cccnc1. The quantitative estimate of drug-likeness (QED) is 0.692. The first-order valence-corrected chi connectivity index (χ1v) is 4.08. The van der Waals surface area contributed by atoms with Gasteiger partial charge in [0.05, 0.1) is 17.3 Å². The van der Waals surface area contributed by atoms with E-state index >= 15 is 0 Å². The third-order valence-corrected chi connectivity index (χ3v) is 1.79. The molecule has 3 heteroatoms. The van der Waals surface area contributed by atoms with Crippen molar-refractivity contribution < 1.29 is 0 Å². The van der Waals surface area contributed by atoms with E-state index in [2.05, 4.69) is 11.1 Å². The molecule has 0 aliphatic heterocycles. The fourth-order valence-corrected chi connectivity index (χ4v) is 1.03. The third kappa shape index (κ3) is 2.06. The molecular weight excluding hydrogens is 162 g/mol. The van der Waals surface area contributed by atoms with E-state index in [4.69, 9.17) is 11.0 Å². The number of rotatable bonds is 2. The van der Waals surface area contributed by atoms with Crippen LogP contribution in [-0.2, 0) is 0 Å². The molecule has 0 saturated heterocycles. The van der Waals surface area contributed by atoms with Crippen LogP contribution in [0.1, 0.15) is 18.9 Å². The molecule has 1 aromatic rings. The normalized spacial score (nSPS) is 11.7. The molecule has 0 fully saturated rings. The molecule has 0 amide bonds. The number of nitriles is 1. The molecular formula is C10H11N3. The van der Waals surface area contributed by atoms with Crippen molar-refractivity contribution in [2.45, 2.75) is 13.3 Å². The molecule has 1 rings (SSSR count). The molecule has 1 heterocycles. The molecule has 1 aromatic heterocycles. The second kappa shape index (κ2) is 4.27. The lowest BCUT2D eigenvalue weighted by Crippen LogP contribution is -2.00. The predicted octanol–water partition coefficient (Wildman–Crippen LogP) is 1.68. The first-order valence-electron chi connectivity index (χ1n) is 4.08. The molecule has 3 nitrogen and oxygen atoms in total. The molecule has 0 spiro atoms. The average Bonchev–Trinajstić information content (AvgIpc) is 2.21. The van der Waals surface area contributed by atoms with Crippen LogP contribution in [0.4, 0.5) is 0 Å². The largest absolute Gasteiger partial charge is 0.397 e. The second-order valence-corrected chi connectivity index (χ2v) is 2.60. The fraction of sp³-hybridized carbons (Fsp3) is 0.200. The maximum absolute atomic E-state index is 8.75. The van der Waals surface area contributed by atoms with Gasteiger partial charge in [-0.3, -0.25) is 4.98 Å². The van der Waals surface area contributed by atoms with Crippen LogP contribution in [0.5, 0.6) is 0 Å². The Morgan fingerprint density at radius 3 is 2.92 bits per heavy atom. The Labute approximate surface area is 77.5 Å². The van der Waals surface area contributed by atoms with Crippen LogP contribution in [0.3, 0.4) is 0 Å². The third-order valence-electron chi connectivity index (χ3n) is 1.79. The average molecular weight is 173 g/mol. The molecule has 0 atom stereocenters. The minimum absolute atomic E-state index is 0.526. The standard InChI is InChI=1S/C10H11N3/c1-2-8(6-11)10(12)9-4-3-5-13-7-9/h3-5,7H,2,12H2,1H3/b10-8-. The van der Waals surface area contributed by atoms with Crippen LogP contribution in [0.25, 0.3) is 5.70 Å². The molecule has 0 bridgehead atoms. The maximum Gasteiger partial charge on any atom is 0.0968 e. The molecule has 66 valence electrons. The number of allylic oxidation sites excluding steroid dienone is 1. The number of hydrogen-bond donors (Lipinski definition) is 1. The van der Waals surface area contributed by atoms with Crippen LogP contribution in [0, 0.1) is 11.3 Å². The Morgan fingerprint density at radius 2 is 2.46 bits per heavy atom. The summed E-state index contributed by atoms with van der Waals surface area (Å²) >= 11 is 0. The van der Waals surface area contributed by atoms with E-state index in [0.717, 1.165) is 5.56 Å². The minimum Gasteiger partial charge on any atom is -0.397 e. The zero-order valence-corrected chi connectivity index (χ0v) is 7.49. The van der Waals surface area contributed by atoms with E-state index in [0.29, 0.717) is 17.7 Å². The fourth-order valence-electron chi connectivity index (χ4n) is 1.03. The summed E-state index contributed by atoms with van der Waals surface area (Å²) in [5.74, 6) is 0. The molecule has 13 heavy (non-hydrogen) atoms. The van der Waals surface area contributed by atoms with Crippen molar-refractivity contribution in [3.8, 4) is 6.07 Å². The molecule has 0 unspecified atom stereocenters. The molecule has 0 aliphatic carbocycles. The number of pyridine rings is 1. The molecule has 0 radical (unpaired) electrons.